The number of methoxy groups -OCH3 is 3. The Hall–Kier alpha value is -4.59. The molecule has 184 valence electrons. The molecule has 1 aromatic heterocycles. The number of nitrogens with zero attached hydrogens (tertiary/aromatic N) is 3. The molecule has 0 aliphatic heterocycles. The third-order valence-corrected chi connectivity index (χ3v) is 5.71. The lowest BCUT2D eigenvalue weighted by Crippen LogP contribution is -2.18. The molecule has 0 bridgehead atoms. The quantitative estimate of drug-likeness (QED) is 0.287. The summed E-state index contributed by atoms with van der Waals surface area (Å²) < 4.78 is 16.4. The third-order valence-electron chi connectivity index (χ3n) is 5.71. The Morgan fingerprint density at radius 1 is 0.917 bits per heavy atom. The van der Waals surface area contributed by atoms with Crippen molar-refractivity contribution in [3.8, 4) is 28.5 Å². The molecule has 0 saturated carbocycles. The summed E-state index contributed by atoms with van der Waals surface area (Å²) in [5.74, 6) is 1.13. The van der Waals surface area contributed by atoms with Gasteiger partial charge in [0.05, 0.1) is 44.3 Å². The Balaban J connectivity index is 1.69. The number of hydrogen-bond acceptors (Lipinski definition) is 7. The summed E-state index contributed by atoms with van der Waals surface area (Å²) in [5, 5.41) is 4.88. The Kier molecular flexibility index (Phi) is 7.34. The number of pyridine rings is 1. The molecule has 36 heavy (non-hydrogen) atoms. The number of anilines is 1. The number of carbonyl (C=O) groups excluding carboxylic acids is 1. The minimum Gasteiger partial charge on any atom is -0.493 e. The molecule has 1 amide bonds. The van der Waals surface area contributed by atoms with E-state index >= 15 is 0 Å². The van der Waals surface area contributed by atoms with Gasteiger partial charge in [0.1, 0.15) is 0 Å². The highest BCUT2D eigenvalue weighted by Gasteiger charge is 2.18. The highest BCUT2D eigenvalue weighted by molar-refractivity contribution is 6.07. The number of hydrazone groups is 1. The van der Waals surface area contributed by atoms with E-state index < -0.39 is 0 Å². The number of carbonyl (C=O) groups is 1. The highest BCUT2D eigenvalue weighted by Crippen LogP contribution is 2.41. The van der Waals surface area contributed by atoms with E-state index in [1.807, 2.05) is 67.5 Å². The lowest BCUT2D eigenvalue weighted by atomic mass is 10.0. The number of nitrogens with one attached hydrogen (secondary N) is 1. The molecule has 0 aliphatic rings. The van der Waals surface area contributed by atoms with Gasteiger partial charge in [0.2, 0.25) is 5.75 Å². The molecular formula is C28H28N4O4. The predicted molar refractivity (Wildman–Crippen MR) is 143 cm³/mol. The molecule has 1 N–H and O–H groups in total. The average Bonchev–Trinajstić information content (AvgIpc) is 2.91. The third kappa shape index (κ3) is 5.07. The van der Waals surface area contributed by atoms with Crippen molar-refractivity contribution in [1.82, 2.24) is 10.4 Å². The molecule has 0 radical (unpaired) electrons. The fraction of sp³-hybridized carbons (Fsp3) is 0.179. The predicted octanol–water partition coefficient (Wildman–Crippen LogP) is 4.76. The molecule has 0 unspecified atom stereocenters. The van der Waals surface area contributed by atoms with Crippen LogP contribution in [0.2, 0.25) is 0 Å². The van der Waals surface area contributed by atoms with Gasteiger partial charge in [-0.2, -0.15) is 5.10 Å². The van der Waals surface area contributed by atoms with Crippen LogP contribution in [0.4, 0.5) is 5.69 Å². The van der Waals surface area contributed by atoms with Crippen LogP contribution in [0.25, 0.3) is 22.2 Å². The van der Waals surface area contributed by atoms with Crippen molar-refractivity contribution in [3.63, 3.8) is 0 Å². The van der Waals surface area contributed by atoms with Crippen molar-refractivity contribution in [2.24, 2.45) is 5.10 Å². The topological polar surface area (TPSA) is 85.3 Å². The lowest BCUT2D eigenvalue weighted by molar-refractivity contribution is 0.0956. The summed E-state index contributed by atoms with van der Waals surface area (Å²) in [7, 11) is 8.62. The van der Waals surface area contributed by atoms with Crippen LogP contribution in [0.1, 0.15) is 15.9 Å². The van der Waals surface area contributed by atoms with Crippen LogP contribution in [-0.4, -0.2) is 52.5 Å². The molecule has 4 aromatic rings. The molecule has 3 aromatic carbocycles. The summed E-state index contributed by atoms with van der Waals surface area (Å²) >= 11 is 0. The van der Waals surface area contributed by atoms with Crippen molar-refractivity contribution in [1.29, 1.82) is 0 Å². The maximum Gasteiger partial charge on any atom is 0.272 e. The number of amides is 1. The van der Waals surface area contributed by atoms with Gasteiger partial charge in [-0.05, 0) is 42.0 Å². The van der Waals surface area contributed by atoms with Gasteiger partial charge in [-0.3, -0.25) is 4.79 Å². The molecule has 8 heteroatoms. The fourth-order valence-electron chi connectivity index (χ4n) is 3.82. The Labute approximate surface area is 210 Å². The van der Waals surface area contributed by atoms with Crippen molar-refractivity contribution >= 4 is 28.7 Å². The maximum absolute atomic E-state index is 13.2. The zero-order valence-electron chi connectivity index (χ0n) is 20.9. The van der Waals surface area contributed by atoms with E-state index in [1.54, 1.807) is 45.7 Å². The van der Waals surface area contributed by atoms with Gasteiger partial charge < -0.3 is 19.1 Å². The monoisotopic (exact) mass is 484 g/mol. The number of fused-ring (bicyclic) bond motifs is 1. The molecule has 0 aliphatic carbocycles. The normalized spacial score (nSPS) is 10.9. The molecule has 1 heterocycles. The van der Waals surface area contributed by atoms with E-state index in [1.165, 1.54) is 0 Å². The van der Waals surface area contributed by atoms with Gasteiger partial charge in [-0.15, -0.1) is 0 Å². The first-order valence-electron chi connectivity index (χ1n) is 11.3. The summed E-state index contributed by atoms with van der Waals surface area (Å²) in [4.78, 5) is 20.0. The molecular weight excluding hydrogens is 456 g/mol. The van der Waals surface area contributed by atoms with E-state index in [4.69, 9.17) is 19.2 Å². The number of benzene rings is 3. The Morgan fingerprint density at radius 3 is 2.19 bits per heavy atom. The first kappa shape index (κ1) is 24.5. The average molecular weight is 485 g/mol. The van der Waals surface area contributed by atoms with Crippen molar-refractivity contribution in [3.05, 3.63) is 77.9 Å². The summed E-state index contributed by atoms with van der Waals surface area (Å²) in [6.07, 6.45) is 1.61. The maximum atomic E-state index is 13.2. The second-order valence-corrected chi connectivity index (χ2v) is 8.17. The number of aromatic nitrogens is 1. The van der Waals surface area contributed by atoms with E-state index in [-0.39, 0.29) is 5.91 Å². The van der Waals surface area contributed by atoms with Crippen LogP contribution < -0.4 is 24.5 Å². The summed E-state index contributed by atoms with van der Waals surface area (Å²) in [6, 6.07) is 20.7. The first-order chi connectivity index (χ1) is 17.4. The lowest BCUT2D eigenvalue weighted by Gasteiger charge is -2.15. The molecule has 0 fully saturated rings. The van der Waals surface area contributed by atoms with Crippen LogP contribution in [0, 0.1) is 0 Å². The number of rotatable bonds is 8. The van der Waals surface area contributed by atoms with Crippen molar-refractivity contribution in [2.75, 3.05) is 40.3 Å². The van der Waals surface area contributed by atoms with Gasteiger partial charge in [0, 0.05) is 30.7 Å². The van der Waals surface area contributed by atoms with Crippen LogP contribution in [0.15, 0.2) is 71.8 Å². The second-order valence-electron chi connectivity index (χ2n) is 8.17. The zero-order chi connectivity index (χ0) is 25.7. The van der Waals surface area contributed by atoms with E-state index in [9.17, 15) is 4.79 Å². The van der Waals surface area contributed by atoms with Crippen molar-refractivity contribution in [2.45, 2.75) is 0 Å². The van der Waals surface area contributed by atoms with Gasteiger partial charge >= 0.3 is 0 Å². The molecule has 0 spiro atoms. The molecule has 0 saturated heterocycles. The van der Waals surface area contributed by atoms with Gasteiger partial charge in [0.25, 0.3) is 5.91 Å². The minimum absolute atomic E-state index is 0.344. The number of ether oxygens (including phenoxy) is 3. The van der Waals surface area contributed by atoms with Crippen LogP contribution in [0.5, 0.6) is 17.2 Å². The standard InChI is InChI=1S/C28H28N4O4/c1-32(2)20-12-10-18(11-13-20)17-29-31-28(33)22-16-24(30-23-9-7-6-8-21(22)23)19-14-25(34-3)27(36-5)26(15-19)35-4/h6-17H,1-5H3,(H,31,33)/b29-17-. The minimum atomic E-state index is -0.344. The SMILES string of the molecule is COc1cc(-c2cc(C(=O)N/N=C\c3ccc(N(C)C)cc3)c3ccccc3n2)cc(OC)c1OC. The van der Waals surface area contributed by atoms with Crippen LogP contribution in [0.3, 0.4) is 0 Å². The molecule has 8 nitrogen and oxygen atoms in total. The summed E-state index contributed by atoms with van der Waals surface area (Å²) in [5.41, 5.74) is 7.03. The first-order valence-corrected chi connectivity index (χ1v) is 11.3. The summed E-state index contributed by atoms with van der Waals surface area (Å²) in [6.45, 7) is 0. The van der Waals surface area contributed by atoms with Crippen LogP contribution >= 0.6 is 0 Å². The van der Waals surface area contributed by atoms with Gasteiger partial charge in [-0.25, -0.2) is 10.4 Å². The Bertz CT molecular complexity index is 1390. The Morgan fingerprint density at radius 2 is 1.58 bits per heavy atom. The van der Waals surface area contributed by atoms with E-state index in [0.717, 1.165) is 16.6 Å². The number of para-hydroxylation sites is 1. The van der Waals surface area contributed by atoms with E-state index in [0.29, 0.717) is 39.6 Å². The van der Waals surface area contributed by atoms with Crippen LogP contribution in [-0.2, 0) is 0 Å². The smallest absolute Gasteiger partial charge is 0.272 e. The number of hydrogen-bond donors (Lipinski definition) is 1. The van der Waals surface area contributed by atoms with Crippen molar-refractivity contribution < 1.29 is 19.0 Å². The molecule has 4 rings (SSSR count). The highest BCUT2D eigenvalue weighted by atomic mass is 16.5. The van der Waals surface area contributed by atoms with E-state index in [2.05, 4.69) is 10.5 Å². The zero-order valence-corrected chi connectivity index (χ0v) is 20.9. The van der Waals surface area contributed by atoms with Gasteiger partial charge in [0.15, 0.2) is 11.5 Å². The second kappa shape index (κ2) is 10.8. The largest absolute Gasteiger partial charge is 0.493 e. The fourth-order valence-corrected chi connectivity index (χ4v) is 3.82. The van der Waals surface area contributed by atoms with Gasteiger partial charge in [-0.1, -0.05) is 30.3 Å². The molecule has 0 atom stereocenters.